The minimum absolute atomic E-state index is 0.146. The van der Waals surface area contributed by atoms with Crippen molar-refractivity contribution in [2.75, 3.05) is 0 Å². The SMILES string of the molecule is Fc1ccccc1CO/N=[C]\C1=CCCCC1. The van der Waals surface area contributed by atoms with Gasteiger partial charge in [0.05, 0.1) is 0 Å². The summed E-state index contributed by atoms with van der Waals surface area (Å²) < 4.78 is 13.2. The minimum atomic E-state index is -0.264. The van der Waals surface area contributed by atoms with E-state index in [1.165, 1.54) is 18.9 Å². The highest BCUT2D eigenvalue weighted by atomic mass is 19.1. The van der Waals surface area contributed by atoms with Crippen LogP contribution in [0.1, 0.15) is 31.2 Å². The molecule has 1 aromatic rings. The second kappa shape index (κ2) is 6.18. The number of benzene rings is 1. The van der Waals surface area contributed by atoms with Crippen LogP contribution in [0, 0.1) is 5.82 Å². The molecule has 0 unspecified atom stereocenters. The van der Waals surface area contributed by atoms with Gasteiger partial charge in [-0.1, -0.05) is 29.4 Å². The molecule has 0 heterocycles. The maximum Gasteiger partial charge on any atom is 0.145 e. The summed E-state index contributed by atoms with van der Waals surface area (Å²) in [6, 6.07) is 6.53. The molecule has 17 heavy (non-hydrogen) atoms. The van der Waals surface area contributed by atoms with Crippen LogP contribution in [0.2, 0.25) is 0 Å². The summed E-state index contributed by atoms with van der Waals surface area (Å²) in [5.41, 5.74) is 1.60. The molecule has 0 atom stereocenters. The summed E-state index contributed by atoms with van der Waals surface area (Å²) in [6.45, 7) is 0.146. The Bertz CT molecular complexity index is 426. The summed E-state index contributed by atoms with van der Waals surface area (Å²) in [7, 11) is 0. The average molecular weight is 232 g/mol. The van der Waals surface area contributed by atoms with Crippen LogP contribution in [-0.2, 0) is 11.4 Å². The number of nitrogens with zero attached hydrogens (tertiary/aromatic N) is 1. The predicted molar refractivity (Wildman–Crippen MR) is 65.2 cm³/mol. The summed E-state index contributed by atoms with van der Waals surface area (Å²) >= 11 is 0. The van der Waals surface area contributed by atoms with Crippen LogP contribution in [0.25, 0.3) is 0 Å². The lowest BCUT2D eigenvalue weighted by Gasteiger charge is -2.06. The van der Waals surface area contributed by atoms with Crippen LogP contribution in [-0.4, -0.2) is 6.21 Å². The number of allylic oxidation sites excluding steroid dienone is 2. The molecule has 0 amide bonds. The van der Waals surface area contributed by atoms with E-state index in [1.54, 1.807) is 18.2 Å². The van der Waals surface area contributed by atoms with Gasteiger partial charge in [0.25, 0.3) is 0 Å². The second-order valence-corrected chi connectivity index (χ2v) is 4.04. The largest absolute Gasteiger partial charge is 0.390 e. The van der Waals surface area contributed by atoms with Crippen molar-refractivity contribution in [3.05, 3.63) is 47.3 Å². The van der Waals surface area contributed by atoms with Crippen LogP contribution in [0.4, 0.5) is 4.39 Å². The van der Waals surface area contributed by atoms with E-state index in [-0.39, 0.29) is 12.4 Å². The van der Waals surface area contributed by atoms with Crippen LogP contribution in [0.5, 0.6) is 0 Å². The van der Waals surface area contributed by atoms with Crippen LogP contribution >= 0.6 is 0 Å². The van der Waals surface area contributed by atoms with E-state index in [1.807, 2.05) is 0 Å². The van der Waals surface area contributed by atoms with Gasteiger partial charge < -0.3 is 4.84 Å². The molecule has 0 spiro atoms. The quantitative estimate of drug-likeness (QED) is 0.573. The van der Waals surface area contributed by atoms with Crippen molar-refractivity contribution in [3.63, 3.8) is 0 Å². The van der Waals surface area contributed by atoms with Gasteiger partial charge in [-0.2, -0.15) is 0 Å². The van der Waals surface area contributed by atoms with E-state index < -0.39 is 0 Å². The van der Waals surface area contributed by atoms with Gasteiger partial charge in [0.15, 0.2) is 0 Å². The number of rotatable bonds is 4. The first-order chi connectivity index (χ1) is 8.36. The molecule has 1 radical (unpaired) electrons. The van der Waals surface area contributed by atoms with Crippen molar-refractivity contribution >= 4 is 6.21 Å². The molecule has 1 aliphatic rings. The Morgan fingerprint density at radius 2 is 2.18 bits per heavy atom. The monoisotopic (exact) mass is 232 g/mol. The maximum atomic E-state index is 13.2. The Balaban J connectivity index is 1.81. The molecule has 1 aliphatic carbocycles. The van der Waals surface area contributed by atoms with Gasteiger partial charge in [-0.05, 0) is 37.3 Å². The molecule has 1 aromatic carbocycles. The van der Waals surface area contributed by atoms with Gasteiger partial charge in [-0.15, -0.1) is 0 Å². The van der Waals surface area contributed by atoms with E-state index in [0.717, 1.165) is 18.4 Å². The molecule has 0 saturated carbocycles. The Kier molecular flexibility index (Phi) is 4.30. The Morgan fingerprint density at radius 3 is 2.94 bits per heavy atom. The molecule has 0 bridgehead atoms. The molecule has 0 saturated heterocycles. The van der Waals surface area contributed by atoms with E-state index in [4.69, 9.17) is 4.84 Å². The zero-order valence-corrected chi connectivity index (χ0v) is 9.66. The maximum absolute atomic E-state index is 13.2. The van der Waals surface area contributed by atoms with Crippen molar-refractivity contribution in [1.82, 2.24) is 0 Å². The Labute approximate surface area is 101 Å². The van der Waals surface area contributed by atoms with Gasteiger partial charge in [0.1, 0.15) is 18.6 Å². The third kappa shape index (κ3) is 3.70. The van der Waals surface area contributed by atoms with Crippen LogP contribution < -0.4 is 0 Å². The van der Waals surface area contributed by atoms with E-state index in [0.29, 0.717) is 5.56 Å². The standard InChI is InChI=1S/C14H15FNO/c15-14-9-5-4-8-13(14)11-17-16-10-12-6-2-1-3-7-12/h4-6,8-9H,1-3,7,11H2. The predicted octanol–water partition coefficient (Wildman–Crippen LogP) is 3.71. The molecular formula is C14H15FNO. The van der Waals surface area contributed by atoms with Gasteiger partial charge in [0, 0.05) is 5.56 Å². The van der Waals surface area contributed by atoms with E-state index in [9.17, 15) is 4.39 Å². The van der Waals surface area contributed by atoms with Crippen LogP contribution in [0.15, 0.2) is 41.1 Å². The zero-order chi connectivity index (χ0) is 11.9. The molecule has 2 rings (SSSR count). The highest BCUT2D eigenvalue weighted by Gasteiger charge is 2.02. The van der Waals surface area contributed by atoms with Crippen molar-refractivity contribution in [1.29, 1.82) is 0 Å². The highest BCUT2D eigenvalue weighted by molar-refractivity contribution is 5.78. The number of halogens is 1. The lowest BCUT2D eigenvalue weighted by molar-refractivity contribution is 0.129. The fourth-order valence-electron chi connectivity index (χ4n) is 1.75. The average Bonchev–Trinajstić information content (AvgIpc) is 2.38. The van der Waals surface area contributed by atoms with E-state index >= 15 is 0 Å². The highest BCUT2D eigenvalue weighted by Crippen LogP contribution is 2.15. The first-order valence-electron chi connectivity index (χ1n) is 5.87. The summed E-state index contributed by atoms with van der Waals surface area (Å²) in [6.07, 6.45) is 9.49. The van der Waals surface area contributed by atoms with Crippen LogP contribution in [0.3, 0.4) is 0 Å². The van der Waals surface area contributed by atoms with E-state index in [2.05, 4.69) is 17.4 Å². The summed E-state index contributed by atoms with van der Waals surface area (Å²) in [5, 5.41) is 3.75. The topological polar surface area (TPSA) is 21.6 Å². The first-order valence-corrected chi connectivity index (χ1v) is 5.87. The zero-order valence-electron chi connectivity index (χ0n) is 9.66. The number of hydrogen-bond donors (Lipinski definition) is 0. The summed E-state index contributed by atoms with van der Waals surface area (Å²) in [5.74, 6) is -0.264. The van der Waals surface area contributed by atoms with Gasteiger partial charge in [-0.25, -0.2) is 4.39 Å². The third-order valence-corrected chi connectivity index (χ3v) is 2.72. The third-order valence-electron chi connectivity index (χ3n) is 2.72. The molecular weight excluding hydrogens is 217 g/mol. The fourth-order valence-corrected chi connectivity index (χ4v) is 1.75. The minimum Gasteiger partial charge on any atom is -0.390 e. The van der Waals surface area contributed by atoms with Gasteiger partial charge in [0.2, 0.25) is 0 Å². The normalized spacial score (nSPS) is 15.9. The summed E-state index contributed by atoms with van der Waals surface area (Å²) in [4.78, 5) is 5.04. The molecule has 89 valence electrons. The molecule has 0 N–H and O–H groups in total. The molecule has 3 heteroatoms. The first kappa shape index (κ1) is 11.8. The van der Waals surface area contributed by atoms with Crippen molar-refractivity contribution in [2.45, 2.75) is 32.3 Å². The second-order valence-electron chi connectivity index (χ2n) is 4.04. The number of hydrogen-bond acceptors (Lipinski definition) is 2. The Hall–Kier alpha value is -1.64. The molecule has 0 aromatic heterocycles. The van der Waals surface area contributed by atoms with Crippen molar-refractivity contribution in [2.24, 2.45) is 5.16 Å². The van der Waals surface area contributed by atoms with Crippen molar-refractivity contribution in [3.8, 4) is 0 Å². The molecule has 2 nitrogen and oxygen atoms in total. The van der Waals surface area contributed by atoms with Crippen molar-refractivity contribution < 1.29 is 9.23 Å². The molecule has 0 fully saturated rings. The lowest BCUT2D eigenvalue weighted by atomic mass is 10.0. The fraction of sp³-hybridized carbons (Fsp3) is 0.357. The Morgan fingerprint density at radius 1 is 1.29 bits per heavy atom. The van der Waals surface area contributed by atoms with Gasteiger partial charge in [-0.3, -0.25) is 0 Å². The molecule has 0 aliphatic heterocycles. The lowest BCUT2D eigenvalue weighted by Crippen LogP contribution is -1.95. The smallest absolute Gasteiger partial charge is 0.145 e. The van der Waals surface area contributed by atoms with Gasteiger partial charge >= 0.3 is 0 Å².